The monoisotopic (exact) mass is 554 g/mol. The zero-order chi connectivity index (χ0) is 25.9. The number of benzene rings is 2. The Hall–Kier alpha value is -3.46. The van der Waals surface area contributed by atoms with E-state index in [-0.39, 0.29) is 30.2 Å². The maximum atomic E-state index is 13.2. The molecule has 37 heavy (non-hydrogen) atoms. The van der Waals surface area contributed by atoms with Gasteiger partial charge in [0.2, 0.25) is 5.91 Å². The lowest BCUT2D eigenvalue weighted by molar-refractivity contribution is -0.116. The van der Waals surface area contributed by atoms with Crippen LogP contribution in [0.3, 0.4) is 0 Å². The molecular formula is C27H21Cl2FN4O2S. The number of hydrogen-bond acceptors (Lipinski definition) is 4. The van der Waals surface area contributed by atoms with Gasteiger partial charge in [-0.05, 0) is 72.9 Å². The molecule has 6 nitrogen and oxygen atoms in total. The number of rotatable bonds is 7. The summed E-state index contributed by atoms with van der Waals surface area (Å²) in [7, 11) is 0. The first kappa shape index (κ1) is 25.2. The molecule has 1 fully saturated rings. The van der Waals surface area contributed by atoms with E-state index in [0.717, 1.165) is 5.69 Å². The summed E-state index contributed by atoms with van der Waals surface area (Å²) in [6.45, 7) is 0.320. The van der Waals surface area contributed by atoms with Gasteiger partial charge in [0.25, 0.3) is 0 Å². The molecule has 2 aromatic carbocycles. The smallest absolute Gasteiger partial charge is 0.226 e. The van der Waals surface area contributed by atoms with Gasteiger partial charge in [0.15, 0.2) is 5.11 Å². The topological polar surface area (TPSA) is 70.4 Å². The van der Waals surface area contributed by atoms with Gasteiger partial charge in [0.1, 0.15) is 23.4 Å². The van der Waals surface area contributed by atoms with Gasteiger partial charge in [-0.3, -0.25) is 9.78 Å². The number of nitrogens with zero attached hydrogens (tertiary/aromatic N) is 2. The third-order valence-corrected chi connectivity index (χ3v) is 7.21. The molecule has 0 bridgehead atoms. The molecule has 0 radical (unpaired) electrons. The standard InChI is InChI=1S/C27H21Cl2FN4O2S/c28-19-5-3-4-18(24(19)29)21-11-12-22(36-21)26-25(20-6-1-2-14-31-20)33-27(37)34(26)15-13-23(35)32-17-9-7-16(30)8-10-17/h1-12,14,25-26H,13,15H2,(H,32,35)(H,33,37)/t25-,26+/m0/s1. The summed E-state index contributed by atoms with van der Waals surface area (Å²) in [6, 6.07) is 19.7. The second-order valence-corrected chi connectivity index (χ2v) is 9.60. The first-order valence-corrected chi connectivity index (χ1v) is 12.6. The highest BCUT2D eigenvalue weighted by Crippen LogP contribution is 2.42. The van der Waals surface area contributed by atoms with Crippen LogP contribution in [0.5, 0.6) is 0 Å². The van der Waals surface area contributed by atoms with Crippen LogP contribution in [-0.2, 0) is 4.79 Å². The molecular weight excluding hydrogens is 534 g/mol. The summed E-state index contributed by atoms with van der Waals surface area (Å²) in [5.41, 5.74) is 1.98. The van der Waals surface area contributed by atoms with E-state index in [0.29, 0.717) is 44.5 Å². The molecule has 10 heteroatoms. The summed E-state index contributed by atoms with van der Waals surface area (Å²) in [4.78, 5) is 19.1. The number of hydrogen-bond donors (Lipinski definition) is 2. The highest BCUT2D eigenvalue weighted by molar-refractivity contribution is 7.80. The molecule has 2 aromatic heterocycles. The van der Waals surface area contributed by atoms with Crippen LogP contribution in [0.25, 0.3) is 11.3 Å². The summed E-state index contributed by atoms with van der Waals surface area (Å²) < 4.78 is 19.5. The SMILES string of the molecule is O=C(CCN1C(=S)N[C@@H](c2ccccn2)[C@H]1c1ccc(-c2cccc(Cl)c2Cl)o1)Nc1ccc(F)cc1. The molecule has 1 saturated heterocycles. The van der Waals surface area contributed by atoms with Gasteiger partial charge < -0.3 is 20.0 Å². The van der Waals surface area contributed by atoms with Crippen molar-refractivity contribution in [1.29, 1.82) is 0 Å². The number of nitrogens with one attached hydrogen (secondary N) is 2. The minimum Gasteiger partial charge on any atom is -0.459 e. The van der Waals surface area contributed by atoms with Crippen LogP contribution in [-0.4, -0.2) is 27.4 Å². The Balaban J connectivity index is 1.41. The highest BCUT2D eigenvalue weighted by Gasteiger charge is 2.41. The maximum absolute atomic E-state index is 13.2. The number of anilines is 1. The van der Waals surface area contributed by atoms with Crippen molar-refractivity contribution >= 4 is 52.1 Å². The van der Waals surface area contributed by atoms with Crippen LogP contribution >= 0.6 is 35.4 Å². The lowest BCUT2D eigenvalue weighted by atomic mass is 10.0. The van der Waals surface area contributed by atoms with Crippen molar-refractivity contribution in [1.82, 2.24) is 15.2 Å². The Morgan fingerprint density at radius 3 is 2.65 bits per heavy atom. The Labute approximate surface area is 228 Å². The summed E-state index contributed by atoms with van der Waals surface area (Å²) in [5, 5.41) is 7.43. The molecule has 0 aliphatic carbocycles. The number of carbonyl (C=O) groups is 1. The summed E-state index contributed by atoms with van der Waals surface area (Å²) >= 11 is 18.3. The van der Waals surface area contributed by atoms with Gasteiger partial charge in [-0.25, -0.2) is 4.39 Å². The van der Waals surface area contributed by atoms with Gasteiger partial charge in [-0.15, -0.1) is 0 Å². The minimum atomic E-state index is -0.369. The van der Waals surface area contributed by atoms with E-state index < -0.39 is 0 Å². The van der Waals surface area contributed by atoms with Gasteiger partial charge in [-0.2, -0.15) is 0 Å². The fourth-order valence-electron chi connectivity index (χ4n) is 4.28. The number of halogens is 3. The lowest BCUT2D eigenvalue weighted by Crippen LogP contribution is -2.32. The van der Waals surface area contributed by atoms with Crippen molar-refractivity contribution < 1.29 is 13.6 Å². The average Bonchev–Trinajstić information content (AvgIpc) is 3.51. The Kier molecular flexibility index (Phi) is 7.41. The number of amides is 1. The number of aromatic nitrogens is 1. The molecule has 188 valence electrons. The van der Waals surface area contributed by atoms with Gasteiger partial charge in [0, 0.05) is 30.4 Å². The van der Waals surface area contributed by atoms with Crippen LogP contribution in [0.2, 0.25) is 10.0 Å². The van der Waals surface area contributed by atoms with Crippen LogP contribution in [0.15, 0.2) is 83.4 Å². The zero-order valence-electron chi connectivity index (χ0n) is 19.3. The van der Waals surface area contributed by atoms with Crippen molar-refractivity contribution in [2.75, 3.05) is 11.9 Å². The normalized spacial score (nSPS) is 17.1. The summed E-state index contributed by atoms with van der Waals surface area (Å²) in [6.07, 6.45) is 1.87. The van der Waals surface area contributed by atoms with Crippen molar-refractivity contribution in [3.63, 3.8) is 0 Å². The Morgan fingerprint density at radius 2 is 1.89 bits per heavy atom. The number of pyridine rings is 1. The molecule has 1 amide bonds. The first-order chi connectivity index (χ1) is 17.9. The molecule has 0 spiro atoms. The van der Waals surface area contributed by atoms with E-state index in [9.17, 15) is 9.18 Å². The van der Waals surface area contributed by atoms with Crippen molar-refractivity contribution in [3.05, 3.63) is 106 Å². The van der Waals surface area contributed by atoms with Crippen molar-refractivity contribution in [2.45, 2.75) is 18.5 Å². The van der Waals surface area contributed by atoms with Gasteiger partial charge in [0.05, 0.1) is 21.8 Å². The number of furan rings is 1. The molecule has 2 N–H and O–H groups in total. The van der Waals surface area contributed by atoms with E-state index in [1.54, 1.807) is 18.3 Å². The van der Waals surface area contributed by atoms with E-state index in [1.165, 1.54) is 24.3 Å². The fraction of sp³-hybridized carbons (Fsp3) is 0.148. The minimum absolute atomic E-state index is 0.151. The van der Waals surface area contributed by atoms with E-state index in [2.05, 4.69) is 15.6 Å². The third kappa shape index (κ3) is 5.46. The Morgan fingerprint density at radius 1 is 1.08 bits per heavy atom. The largest absolute Gasteiger partial charge is 0.459 e. The molecule has 1 aliphatic rings. The Bertz CT molecular complexity index is 1430. The first-order valence-electron chi connectivity index (χ1n) is 11.5. The fourth-order valence-corrected chi connectivity index (χ4v) is 5.01. The second-order valence-electron chi connectivity index (χ2n) is 8.43. The molecule has 1 aliphatic heterocycles. The maximum Gasteiger partial charge on any atom is 0.226 e. The number of thiocarbonyl (C=S) groups is 1. The van der Waals surface area contributed by atoms with Crippen LogP contribution in [0, 0.1) is 5.82 Å². The zero-order valence-corrected chi connectivity index (χ0v) is 21.7. The van der Waals surface area contributed by atoms with Crippen molar-refractivity contribution in [2.24, 2.45) is 0 Å². The predicted molar refractivity (Wildman–Crippen MR) is 146 cm³/mol. The van der Waals surface area contributed by atoms with Gasteiger partial charge >= 0.3 is 0 Å². The lowest BCUT2D eigenvalue weighted by Gasteiger charge is -2.25. The average molecular weight is 555 g/mol. The van der Waals surface area contributed by atoms with E-state index in [1.807, 2.05) is 41.3 Å². The van der Waals surface area contributed by atoms with E-state index >= 15 is 0 Å². The quantitative estimate of drug-likeness (QED) is 0.245. The van der Waals surface area contributed by atoms with E-state index in [4.69, 9.17) is 39.8 Å². The van der Waals surface area contributed by atoms with Crippen LogP contribution in [0.4, 0.5) is 10.1 Å². The predicted octanol–water partition coefficient (Wildman–Crippen LogP) is 6.79. The van der Waals surface area contributed by atoms with Gasteiger partial charge in [-0.1, -0.05) is 35.3 Å². The van der Waals surface area contributed by atoms with Crippen LogP contribution in [0.1, 0.15) is 30.0 Å². The highest BCUT2D eigenvalue weighted by atomic mass is 35.5. The van der Waals surface area contributed by atoms with Crippen molar-refractivity contribution in [3.8, 4) is 11.3 Å². The molecule has 4 aromatic rings. The second kappa shape index (κ2) is 10.9. The molecule has 0 saturated carbocycles. The molecule has 3 heterocycles. The number of carbonyl (C=O) groups excluding carboxylic acids is 1. The summed E-state index contributed by atoms with van der Waals surface area (Å²) in [5.74, 6) is 0.606. The molecule has 0 unspecified atom stereocenters. The third-order valence-electron chi connectivity index (χ3n) is 6.04. The molecule has 2 atom stereocenters. The van der Waals surface area contributed by atoms with Crippen LogP contribution < -0.4 is 10.6 Å². The molecule has 5 rings (SSSR count).